The van der Waals surface area contributed by atoms with Crippen molar-refractivity contribution in [3.8, 4) is 11.5 Å². The van der Waals surface area contributed by atoms with Crippen LogP contribution in [-0.4, -0.2) is 18.5 Å². The molecule has 0 atom stereocenters. The van der Waals surface area contributed by atoms with Crippen molar-refractivity contribution in [2.24, 2.45) is 0 Å². The Hall–Kier alpha value is -1.51. The summed E-state index contributed by atoms with van der Waals surface area (Å²) in [5, 5.41) is 0. The van der Waals surface area contributed by atoms with E-state index in [1.165, 1.54) is 19.3 Å². The third-order valence-corrected chi connectivity index (χ3v) is 3.84. The van der Waals surface area contributed by atoms with Crippen LogP contribution in [0.25, 0.3) is 0 Å². The second kappa shape index (κ2) is 5.64. The lowest BCUT2D eigenvalue weighted by atomic mass is 9.86. The van der Waals surface area contributed by atoms with Crippen LogP contribution >= 0.6 is 0 Å². The van der Waals surface area contributed by atoms with Crippen molar-refractivity contribution in [2.45, 2.75) is 51.6 Å². The molecule has 2 rings (SSSR count). The first kappa shape index (κ1) is 13.9. The number of carbonyl (C=O) groups excluding carboxylic acids is 1. The summed E-state index contributed by atoms with van der Waals surface area (Å²) in [7, 11) is 1.61. The maximum absolute atomic E-state index is 11.4. The molecule has 1 aliphatic carbocycles. The molecule has 3 heteroatoms. The quantitative estimate of drug-likeness (QED) is 0.769. The minimum atomic E-state index is -0.108. The maximum Gasteiger partial charge on any atom is 0.162 e. The van der Waals surface area contributed by atoms with Crippen LogP contribution in [0.15, 0.2) is 18.2 Å². The van der Waals surface area contributed by atoms with Gasteiger partial charge in [0.2, 0.25) is 0 Å². The zero-order valence-corrected chi connectivity index (χ0v) is 12.0. The zero-order valence-electron chi connectivity index (χ0n) is 12.0. The number of ether oxygens (including phenoxy) is 2. The lowest BCUT2D eigenvalue weighted by molar-refractivity contribution is 0.0460. The first-order chi connectivity index (χ1) is 9.04. The van der Waals surface area contributed by atoms with Crippen LogP contribution < -0.4 is 9.47 Å². The normalized spacial score (nSPS) is 17.8. The van der Waals surface area contributed by atoms with E-state index in [1.54, 1.807) is 26.2 Å². The van der Waals surface area contributed by atoms with Crippen LogP contribution in [-0.2, 0) is 0 Å². The van der Waals surface area contributed by atoms with E-state index in [-0.39, 0.29) is 11.4 Å². The molecule has 0 radical (unpaired) electrons. The number of hydrogen-bond donors (Lipinski definition) is 0. The molecule has 1 aromatic rings. The van der Waals surface area contributed by atoms with Gasteiger partial charge in [0.1, 0.15) is 5.60 Å². The van der Waals surface area contributed by atoms with Crippen LogP contribution in [0.4, 0.5) is 0 Å². The van der Waals surface area contributed by atoms with E-state index in [0.717, 1.165) is 18.6 Å². The van der Waals surface area contributed by atoms with Crippen molar-refractivity contribution in [1.82, 2.24) is 0 Å². The largest absolute Gasteiger partial charge is 0.493 e. The van der Waals surface area contributed by atoms with Gasteiger partial charge in [-0.2, -0.15) is 0 Å². The average molecular weight is 262 g/mol. The fourth-order valence-electron chi connectivity index (χ4n) is 2.64. The van der Waals surface area contributed by atoms with Gasteiger partial charge in [0.05, 0.1) is 7.11 Å². The second-order valence-corrected chi connectivity index (χ2v) is 5.53. The van der Waals surface area contributed by atoms with Gasteiger partial charge < -0.3 is 9.47 Å². The first-order valence-corrected chi connectivity index (χ1v) is 6.92. The van der Waals surface area contributed by atoms with Gasteiger partial charge in [-0.05, 0) is 57.7 Å². The predicted octanol–water partition coefficient (Wildman–Crippen LogP) is 4.00. The second-order valence-electron chi connectivity index (χ2n) is 5.53. The van der Waals surface area contributed by atoms with Gasteiger partial charge in [-0.3, -0.25) is 4.79 Å². The number of Topliss-reactive ketones (excluding diaryl/α,β-unsaturated/α-hetero) is 1. The third-order valence-electron chi connectivity index (χ3n) is 3.84. The average Bonchev–Trinajstić information content (AvgIpc) is 2.39. The highest BCUT2D eigenvalue weighted by Gasteiger charge is 2.29. The van der Waals surface area contributed by atoms with E-state index in [1.807, 2.05) is 6.07 Å². The molecule has 1 saturated carbocycles. The number of benzene rings is 1. The minimum absolute atomic E-state index is 0.0359. The predicted molar refractivity (Wildman–Crippen MR) is 75.1 cm³/mol. The minimum Gasteiger partial charge on any atom is -0.493 e. The molecule has 0 aromatic heterocycles. The molecular formula is C16H22O3. The van der Waals surface area contributed by atoms with Gasteiger partial charge in [-0.25, -0.2) is 0 Å². The Kier molecular flexibility index (Phi) is 4.13. The number of methoxy groups -OCH3 is 1. The number of carbonyl (C=O) groups is 1. The fraction of sp³-hybridized carbons (Fsp3) is 0.562. The van der Waals surface area contributed by atoms with Gasteiger partial charge in [0.25, 0.3) is 0 Å². The Morgan fingerprint density at radius 2 is 1.84 bits per heavy atom. The van der Waals surface area contributed by atoms with Crippen molar-refractivity contribution in [1.29, 1.82) is 0 Å². The summed E-state index contributed by atoms with van der Waals surface area (Å²) in [6.07, 6.45) is 5.86. The molecular weight excluding hydrogens is 240 g/mol. The Labute approximate surface area is 114 Å². The molecule has 19 heavy (non-hydrogen) atoms. The monoisotopic (exact) mass is 262 g/mol. The van der Waals surface area contributed by atoms with Gasteiger partial charge >= 0.3 is 0 Å². The Bertz CT molecular complexity index is 459. The van der Waals surface area contributed by atoms with Crippen molar-refractivity contribution >= 4 is 5.78 Å². The fourth-order valence-corrected chi connectivity index (χ4v) is 2.64. The van der Waals surface area contributed by atoms with E-state index in [0.29, 0.717) is 11.3 Å². The van der Waals surface area contributed by atoms with E-state index < -0.39 is 0 Å². The molecule has 3 nitrogen and oxygen atoms in total. The molecule has 0 spiro atoms. The van der Waals surface area contributed by atoms with Crippen LogP contribution in [0.5, 0.6) is 11.5 Å². The maximum atomic E-state index is 11.4. The zero-order chi connectivity index (χ0) is 13.9. The van der Waals surface area contributed by atoms with E-state index >= 15 is 0 Å². The Balaban J connectivity index is 2.22. The van der Waals surface area contributed by atoms with Crippen molar-refractivity contribution in [3.05, 3.63) is 23.8 Å². The summed E-state index contributed by atoms with van der Waals surface area (Å²) < 4.78 is 11.5. The Morgan fingerprint density at radius 3 is 2.42 bits per heavy atom. The summed E-state index contributed by atoms with van der Waals surface area (Å²) in [4.78, 5) is 11.4. The smallest absolute Gasteiger partial charge is 0.162 e. The highest BCUT2D eigenvalue weighted by molar-refractivity contribution is 5.94. The van der Waals surface area contributed by atoms with Crippen molar-refractivity contribution in [3.63, 3.8) is 0 Å². The van der Waals surface area contributed by atoms with Crippen LogP contribution in [0.2, 0.25) is 0 Å². The number of hydrogen-bond acceptors (Lipinski definition) is 3. The standard InChI is InChI=1S/C16H22O3/c1-12(17)13-7-8-14(15(11-13)18-3)19-16(2)9-5-4-6-10-16/h7-8,11H,4-6,9-10H2,1-3H3. The molecule has 1 aliphatic rings. The highest BCUT2D eigenvalue weighted by Crippen LogP contribution is 2.37. The molecule has 1 aromatic carbocycles. The number of ketones is 1. The van der Waals surface area contributed by atoms with E-state index in [2.05, 4.69) is 6.92 Å². The lowest BCUT2D eigenvalue weighted by Gasteiger charge is -2.34. The SMILES string of the molecule is COc1cc(C(C)=O)ccc1OC1(C)CCCCC1. The van der Waals surface area contributed by atoms with Crippen LogP contribution in [0.3, 0.4) is 0 Å². The summed E-state index contributed by atoms with van der Waals surface area (Å²) in [5.41, 5.74) is 0.543. The molecule has 0 N–H and O–H groups in total. The molecule has 104 valence electrons. The third kappa shape index (κ3) is 3.28. The van der Waals surface area contributed by atoms with Crippen molar-refractivity contribution in [2.75, 3.05) is 7.11 Å². The Morgan fingerprint density at radius 1 is 1.16 bits per heavy atom. The van der Waals surface area contributed by atoms with E-state index in [4.69, 9.17) is 9.47 Å². The molecule has 0 saturated heterocycles. The first-order valence-electron chi connectivity index (χ1n) is 6.92. The van der Waals surface area contributed by atoms with Gasteiger partial charge in [-0.1, -0.05) is 6.42 Å². The topological polar surface area (TPSA) is 35.5 Å². The molecule has 0 bridgehead atoms. The van der Waals surface area contributed by atoms with Crippen LogP contribution in [0.1, 0.15) is 56.3 Å². The highest BCUT2D eigenvalue weighted by atomic mass is 16.5. The molecule has 0 heterocycles. The van der Waals surface area contributed by atoms with Gasteiger partial charge in [0, 0.05) is 5.56 Å². The summed E-state index contributed by atoms with van der Waals surface area (Å²) >= 11 is 0. The van der Waals surface area contributed by atoms with E-state index in [9.17, 15) is 4.79 Å². The number of rotatable bonds is 4. The van der Waals surface area contributed by atoms with Crippen molar-refractivity contribution < 1.29 is 14.3 Å². The van der Waals surface area contributed by atoms with Gasteiger partial charge in [-0.15, -0.1) is 0 Å². The molecule has 1 fully saturated rings. The summed E-state index contributed by atoms with van der Waals surface area (Å²) in [6.45, 7) is 3.71. The summed E-state index contributed by atoms with van der Waals surface area (Å²) in [6, 6.07) is 5.39. The summed E-state index contributed by atoms with van der Waals surface area (Å²) in [5.74, 6) is 1.41. The molecule has 0 unspecified atom stereocenters. The van der Waals surface area contributed by atoms with Gasteiger partial charge in [0.15, 0.2) is 17.3 Å². The molecule has 0 aliphatic heterocycles. The lowest BCUT2D eigenvalue weighted by Crippen LogP contribution is -2.34. The molecule has 0 amide bonds. The van der Waals surface area contributed by atoms with Crippen LogP contribution in [0, 0.1) is 0 Å².